The van der Waals surface area contributed by atoms with Crippen LogP contribution in [-0.4, -0.2) is 23.1 Å². The van der Waals surface area contributed by atoms with E-state index >= 15 is 0 Å². The van der Waals surface area contributed by atoms with Gasteiger partial charge in [-0.2, -0.15) is 0 Å². The van der Waals surface area contributed by atoms with Crippen LogP contribution >= 0.6 is 11.8 Å². The van der Waals surface area contributed by atoms with Gasteiger partial charge in [0.15, 0.2) is 0 Å². The average Bonchev–Trinajstić information content (AvgIpc) is 3.02. The number of aryl methyl sites for hydroxylation is 1. The van der Waals surface area contributed by atoms with E-state index in [1.165, 1.54) is 4.90 Å². The van der Waals surface area contributed by atoms with Crippen molar-refractivity contribution in [2.45, 2.75) is 13.5 Å². The maximum atomic E-state index is 12.8. The second-order valence-electron chi connectivity index (χ2n) is 7.24. The van der Waals surface area contributed by atoms with Crippen LogP contribution in [0.5, 0.6) is 0 Å². The molecule has 30 heavy (non-hydrogen) atoms. The Balaban J connectivity index is 1.49. The number of amides is 2. The van der Waals surface area contributed by atoms with Crippen molar-refractivity contribution in [1.82, 2.24) is 4.90 Å². The fourth-order valence-corrected chi connectivity index (χ4v) is 4.21. The minimum Gasteiger partial charge on any atom is -0.345 e. The molecular formula is C25H22N2O2S. The summed E-state index contributed by atoms with van der Waals surface area (Å²) in [6.07, 6.45) is 1.79. The molecule has 0 aliphatic carbocycles. The largest absolute Gasteiger partial charge is 0.345 e. The third-order valence-corrected chi connectivity index (χ3v) is 5.93. The lowest BCUT2D eigenvalue weighted by atomic mass is 10.1. The molecular weight excluding hydrogens is 392 g/mol. The number of thioether (sulfide) groups is 1. The summed E-state index contributed by atoms with van der Waals surface area (Å²) < 4.78 is 0. The molecule has 1 aliphatic heterocycles. The summed E-state index contributed by atoms with van der Waals surface area (Å²) >= 11 is 0.996. The number of carbonyl (C=O) groups is 2. The third-order valence-electron chi connectivity index (χ3n) is 5.02. The van der Waals surface area contributed by atoms with Crippen LogP contribution in [0.15, 0.2) is 83.8 Å². The summed E-state index contributed by atoms with van der Waals surface area (Å²) in [7, 11) is 2.01. The normalized spacial score (nSPS) is 15.1. The molecule has 5 heteroatoms. The average molecular weight is 415 g/mol. The van der Waals surface area contributed by atoms with Gasteiger partial charge in [0.25, 0.3) is 11.1 Å². The highest BCUT2D eigenvalue weighted by Gasteiger charge is 2.34. The minimum absolute atomic E-state index is 0.229. The first kappa shape index (κ1) is 20.0. The Hall–Kier alpha value is -3.31. The van der Waals surface area contributed by atoms with Crippen molar-refractivity contribution in [1.29, 1.82) is 0 Å². The maximum Gasteiger partial charge on any atom is 0.293 e. The molecule has 4 nitrogen and oxygen atoms in total. The Morgan fingerprint density at radius 3 is 2.30 bits per heavy atom. The second kappa shape index (κ2) is 8.59. The van der Waals surface area contributed by atoms with Gasteiger partial charge >= 0.3 is 0 Å². The van der Waals surface area contributed by atoms with Crippen molar-refractivity contribution in [2.24, 2.45) is 0 Å². The Labute approximate surface area is 180 Å². The van der Waals surface area contributed by atoms with Crippen LogP contribution in [0.1, 0.15) is 16.7 Å². The van der Waals surface area contributed by atoms with E-state index in [0.717, 1.165) is 39.8 Å². The Kier molecular flexibility index (Phi) is 5.72. The molecule has 0 unspecified atom stereocenters. The fraction of sp³-hybridized carbons (Fsp3) is 0.120. The maximum absolute atomic E-state index is 12.8. The first-order valence-corrected chi connectivity index (χ1v) is 10.5. The second-order valence-corrected chi connectivity index (χ2v) is 8.24. The smallest absolute Gasteiger partial charge is 0.293 e. The number of benzene rings is 3. The highest BCUT2D eigenvalue weighted by Crippen LogP contribution is 2.34. The SMILES string of the molecule is Cc1cccc(CN2C(=O)S/C(=C\c3ccc(N(C)c4ccccc4)cc3)C2=O)c1. The van der Waals surface area contributed by atoms with Crippen LogP contribution in [-0.2, 0) is 11.3 Å². The Bertz CT molecular complexity index is 1110. The van der Waals surface area contributed by atoms with Gasteiger partial charge in [-0.3, -0.25) is 14.5 Å². The molecule has 0 radical (unpaired) electrons. The van der Waals surface area contributed by atoms with E-state index in [0.29, 0.717) is 11.4 Å². The molecule has 150 valence electrons. The number of nitrogens with zero attached hydrogens (tertiary/aromatic N) is 2. The van der Waals surface area contributed by atoms with Gasteiger partial charge in [0.2, 0.25) is 0 Å². The molecule has 4 rings (SSSR count). The van der Waals surface area contributed by atoms with Crippen LogP contribution in [0.4, 0.5) is 16.2 Å². The molecule has 0 saturated carbocycles. The van der Waals surface area contributed by atoms with Crippen molar-refractivity contribution < 1.29 is 9.59 Å². The summed E-state index contributed by atoms with van der Waals surface area (Å²) in [4.78, 5) is 29.0. The van der Waals surface area contributed by atoms with Crippen LogP contribution in [0.25, 0.3) is 6.08 Å². The fourth-order valence-electron chi connectivity index (χ4n) is 3.38. The number of hydrogen-bond donors (Lipinski definition) is 0. The van der Waals surface area contributed by atoms with Crippen molar-refractivity contribution in [2.75, 3.05) is 11.9 Å². The molecule has 0 N–H and O–H groups in total. The predicted octanol–water partition coefficient (Wildman–Crippen LogP) is 6.00. The van der Waals surface area contributed by atoms with E-state index in [4.69, 9.17) is 0 Å². The third kappa shape index (κ3) is 4.31. The number of hydrogen-bond acceptors (Lipinski definition) is 4. The van der Waals surface area contributed by atoms with Crippen LogP contribution in [0.2, 0.25) is 0 Å². The Morgan fingerprint density at radius 1 is 0.900 bits per heavy atom. The molecule has 3 aromatic rings. The van der Waals surface area contributed by atoms with Crippen LogP contribution in [0.3, 0.4) is 0 Å². The van der Waals surface area contributed by atoms with Gasteiger partial charge in [-0.25, -0.2) is 0 Å². The number of imide groups is 1. The molecule has 0 atom stereocenters. The summed E-state index contributed by atoms with van der Waals surface area (Å²) in [6, 6.07) is 25.9. The van der Waals surface area contributed by atoms with Gasteiger partial charge in [-0.15, -0.1) is 0 Å². The van der Waals surface area contributed by atoms with Crippen molar-refractivity contribution in [3.05, 3.63) is 100 Å². The number of carbonyl (C=O) groups excluding carboxylic acids is 2. The summed E-state index contributed by atoms with van der Waals surface area (Å²) in [5.41, 5.74) is 5.09. The van der Waals surface area contributed by atoms with Crippen molar-refractivity contribution in [3.8, 4) is 0 Å². The van der Waals surface area contributed by atoms with Crippen LogP contribution in [0, 0.1) is 6.92 Å². The van der Waals surface area contributed by atoms with Crippen molar-refractivity contribution >= 4 is 40.4 Å². The molecule has 1 fully saturated rings. The van der Waals surface area contributed by atoms with E-state index in [9.17, 15) is 9.59 Å². The zero-order valence-corrected chi connectivity index (χ0v) is 17.7. The highest BCUT2D eigenvalue weighted by molar-refractivity contribution is 8.18. The molecule has 1 aliphatic rings. The Morgan fingerprint density at radius 2 is 1.60 bits per heavy atom. The standard InChI is InChI=1S/C25H22N2O2S/c1-18-7-6-8-20(15-18)17-27-24(28)23(30-25(27)29)16-19-11-13-22(14-12-19)26(2)21-9-4-3-5-10-21/h3-16H,17H2,1-2H3/b23-16-. The van der Waals surface area contributed by atoms with Gasteiger partial charge in [-0.1, -0.05) is 60.2 Å². The zero-order valence-electron chi connectivity index (χ0n) is 16.9. The lowest BCUT2D eigenvalue weighted by Gasteiger charge is -2.19. The van der Waals surface area contributed by atoms with Crippen LogP contribution < -0.4 is 4.90 Å². The first-order valence-electron chi connectivity index (χ1n) is 9.71. The number of rotatable bonds is 5. The van der Waals surface area contributed by atoms with E-state index in [-0.39, 0.29) is 11.1 Å². The van der Waals surface area contributed by atoms with Gasteiger partial charge in [-0.05, 0) is 60.2 Å². The van der Waals surface area contributed by atoms with Gasteiger partial charge in [0.05, 0.1) is 11.4 Å². The topological polar surface area (TPSA) is 40.6 Å². The van der Waals surface area contributed by atoms with Gasteiger partial charge in [0.1, 0.15) is 0 Å². The lowest BCUT2D eigenvalue weighted by Crippen LogP contribution is -2.27. The molecule has 3 aromatic carbocycles. The summed E-state index contributed by atoms with van der Waals surface area (Å²) in [5.74, 6) is -0.239. The number of anilines is 2. The van der Waals surface area contributed by atoms with E-state index in [2.05, 4.69) is 17.0 Å². The molecule has 0 aromatic heterocycles. The molecule has 0 spiro atoms. The molecule has 0 bridgehead atoms. The van der Waals surface area contributed by atoms with E-state index in [1.807, 2.05) is 80.7 Å². The quantitative estimate of drug-likeness (QED) is 0.480. The minimum atomic E-state index is -0.239. The zero-order chi connectivity index (χ0) is 21.1. The van der Waals surface area contributed by atoms with E-state index in [1.54, 1.807) is 6.08 Å². The monoisotopic (exact) mass is 414 g/mol. The molecule has 1 saturated heterocycles. The number of para-hydroxylation sites is 1. The van der Waals surface area contributed by atoms with E-state index < -0.39 is 0 Å². The van der Waals surface area contributed by atoms with Crippen molar-refractivity contribution in [3.63, 3.8) is 0 Å². The first-order chi connectivity index (χ1) is 14.5. The summed E-state index contributed by atoms with van der Waals surface area (Å²) in [5, 5.41) is -0.229. The molecule has 2 amide bonds. The van der Waals surface area contributed by atoms with Gasteiger partial charge < -0.3 is 4.90 Å². The lowest BCUT2D eigenvalue weighted by molar-refractivity contribution is -0.123. The molecule has 1 heterocycles. The van der Waals surface area contributed by atoms with Gasteiger partial charge in [0, 0.05) is 18.4 Å². The highest BCUT2D eigenvalue weighted by atomic mass is 32.2. The predicted molar refractivity (Wildman–Crippen MR) is 124 cm³/mol. The summed E-state index contributed by atoms with van der Waals surface area (Å²) in [6.45, 7) is 2.29.